The molecular weight excluding hydrogens is 233 g/mol. The number of carbonyl (C=O) groups is 1. The molecular formula is C6H5BrFNOS. The third-order valence-corrected chi connectivity index (χ3v) is 2.86. The lowest BCUT2D eigenvalue weighted by molar-refractivity contribution is 0.0967. The van der Waals surface area contributed by atoms with Crippen LogP contribution in [0.2, 0.25) is 0 Å². The summed E-state index contributed by atoms with van der Waals surface area (Å²) in [6, 6.07) is 1.46. The topological polar surface area (TPSA) is 29.1 Å². The molecule has 60 valence electrons. The van der Waals surface area contributed by atoms with Crippen LogP contribution in [0, 0.1) is 5.13 Å². The summed E-state index contributed by atoms with van der Waals surface area (Å²) in [5.41, 5.74) is 0. The van der Waals surface area contributed by atoms with E-state index in [1.807, 2.05) is 0 Å². The van der Waals surface area contributed by atoms with Gasteiger partial charge in [0.25, 0.3) is 5.91 Å². The molecule has 0 saturated carbocycles. The molecule has 0 aliphatic carbocycles. The van der Waals surface area contributed by atoms with E-state index in [1.165, 1.54) is 13.1 Å². The van der Waals surface area contributed by atoms with Crippen molar-refractivity contribution in [1.82, 2.24) is 5.32 Å². The minimum atomic E-state index is -0.372. The van der Waals surface area contributed by atoms with Crippen molar-refractivity contribution < 1.29 is 9.18 Å². The first-order chi connectivity index (χ1) is 5.15. The molecule has 0 aromatic carbocycles. The molecule has 1 heterocycles. The van der Waals surface area contributed by atoms with Gasteiger partial charge in [-0.3, -0.25) is 4.79 Å². The van der Waals surface area contributed by atoms with Crippen LogP contribution < -0.4 is 5.32 Å². The van der Waals surface area contributed by atoms with Crippen molar-refractivity contribution in [3.63, 3.8) is 0 Å². The number of halogens is 2. The van der Waals surface area contributed by atoms with Crippen LogP contribution in [0.1, 0.15) is 9.67 Å². The fraction of sp³-hybridized carbons (Fsp3) is 0.167. The summed E-state index contributed by atoms with van der Waals surface area (Å²) in [5, 5.41) is 2.03. The minimum absolute atomic E-state index is 0.264. The van der Waals surface area contributed by atoms with Gasteiger partial charge in [0.1, 0.15) is 0 Å². The maximum atomic E-state index is 12.6. The molecule has 0 bridgehead atoms. The van der Waals surface area contributed by atoms with E-state index in [0.717, 1.165) is 11.3 Å². The molecule has 5 heteroatoms. The number of thiophene rings is 1. The summed E-state index contributed by atoms with van der Waals surface area (Å²) in [7, 11) is 1.51. The van der Waals surface area contributed by atoms with E-state index < -0.39 is 0 Å². The fourth-order valence-corrected chi connectivity index (χ4v) is 1.93. The van der Waals surface area contributed by atoms with Crippen LogP contribution in [-0.4, -0.2) is 13.0 Å². The predicted molar refractivity (Wildman–Crippen MR) is 45.4 cm³/mol. The molecule has 0 spiro atoms. The summed E-state index contributed by atoms with van der Waals surface area (Å²) in [4.78, 5) is 11.3. The number of nitrogens with one attached hydrogen (secondary N) is 1. The van der Waals surface area contributed by atoms with Gasteiger partial charge in [0.15, 0.2) is 5.13 Å². The highest BCUT2D eigenvalue weighted by molar-refractivity contribution is 9.10. The van der Waals surface area contributed by atoms with Crippen LogP contribution in [0.4, 0.5) is 4.39 Å². The van der Waals surface area contributed by atoms with E-state index >= 15 is 0 Å². The highest BCUT2D eigenvalue weighted by atomic mass is 79.9. The molecule has 0 fully saturated rings. The Labute approximate surface area is 75.5 Å². The molecule has 0 atom stereocenters. The van der Waals surface area contributed by atoms with Gasteiger partial charge in [0.2, 0.25) is 0 Å². The Kier molecular flexibility index (Phi) is 2.62. The zero-order valence-corrected chi connectivity index (χ0v) is 8.05. The number of rotatable bonds is 1. The molecule has 1 amide bonds. The average Bonchev–Trinajstić information content (AvgIpc) is 2.31. The van der Waals surface area contributed by atoms with Gasteiger partial charge in [0.05, 0.1) is 9.35 Å². The Morgan fingerprint density at radius 2 is 2.45 bits per heavy atom. The summed E-state index contributed by atoms with van der Waals surface area (Å²) in [6.45, 7) is 0. The molecule has 1 aromatic rings. The lowest BCUT2D eigenvalue weighted by atomic mass is 10.4. The number of hydrogen-bond donors (Lipinski definition) is 1. The molecule has 11 heavy (non-hydrogen) atoms. The third-order valence-electron chi connectivity index (χ3n) is 1.10. The summed E-state index contributed by atoms with van der Waals surface area (Å²) >= 11 is 3.79. The SMILES string of the molecule is CNC(=O)c1cc(Br)c(F)s1. The van der Waals surface area contributed by atoms with Gasteiger partial charge in [0, 0.05) is 7.05 Å². The average molecular weight is 238 g/mol. The summed E-state index contributed by atoms with van der Waals surface area (Å²) in [5.74, 6) is -0.264. The number of hydrogen-bond acceptors (Lipinski definition) is 2. The molecule has 0 aliphatic rings. The van der Waals surface area contributed by atoms with Gasteiger partial charge in [-0.05, 0) is 22.0 Å². The van der Waals surface area contributed by atoms with Gasteiger partial charge < -0.3 is 5.32 Å². The first-order valence-corrected chi connectivity index (χ1v) is 4.43. The number of amides is 1. The molecule has 0 radical (unpaired) electrons. The van der Waals surface area contributed by atoms with Crippen molar-refractivity contribution in [1.29, 1.82) is 0 Å². The molecule has 1 aromatic heterocycles. The van der Waals surface area contributed by atoms with Gasteiger partial charge in [-0.2, -0.15) is 4.39 Å². The van der Waals surface area contributed by atoms with Crippen molar-refractivity contribution in [3.8, 4) is 0 Å². The second-order valence-corrected chi connectivity index (χ2v) is 3.67. The predicted octanol–water partition coefficient (Wildman–Crippen LogP) is 2.01. The normalized spacial score (nSPS) is 9.73. The van der Waals surface area contributed by atoms with Gasteiger partial charge in [-0.25, -0.2) is 0 Å². The van der Waals surface area contributed by atoms with Crippen molar-refractivity contribution in [2.24, 2.45) is 0 Å². The van der Waals surface area contributed by atoms with Gasteiger partial charge >= 0.3 is 0 Å². The summed E-state index contributed by atoms with van der Waals surface area (Å²) in [6.07, 6.45) is 0. The quantitative estimate of drug-likeness (QED) is 0.796. The van der Waals surface area contributed by atoms with Crippen LogP contribution in [0.15, 0.2) is 10.5 Å². The smallest absolute Gasteiger partial charge is 0.261 e. The second kappa shape index (κ2) is 3.32. The molecule has 0 unspecified atom stereocenters. The standard InChI is InChI=1S/C6H5BrFNOS/c1-9-6(10)4-2-3(7)5(8)11-4/h2H,1H3,(H,9,10). The molecule has 0 saturated heterocycles. The van der Waals surface area contributed by atoms with Crippen molar-refractivity contribution >= 4 is 33.2 Å². The Morgan fingerprint density at radius 3 is 2.82 bits per heavy atom. The maximum Gasteiger partial charge on any atom is 0.261 e. The van der Waals surface area contributed by atoms with Crippen molar-refractivity contribution in [3.05, 3.63) is 20.5 Å². The Balaban J connectivity index is 2.97. The van der Waals surface area contributed by atoms with E-state index in [9.17, 15) is 9.18 Å². The van der Waals surface area contributed by atoms with E-state index in [1.54, 1.807) is 0 Å². The Morgan fingerprint density at radius 1 is 1.82 bits per heavy atom. The highest BCUT2D eigenvalue weighted by Crippen LogP contribution is 2.24. The van der Waals surface area contributed by atoms with Crippen LogP contribution >= 0.6 is 27.3 Å². The molecule has 0 aliphatic heterocycles. The number of carbonyl (C=O) groups excluding carboxylic acids is 1. The lowest BCUT2D eigenvalue weighted by Gasteiger charge is -1.90. The first kappa shape index (κ1) is 8.67. The molecule has 1 N–H and O–H groups in total. The molecule has 1 rings (SSSR count). The van der Waals surface area contributed by atoms with Crippen LogP contribution in [0.5, 0.6) is 0 Å². The zero-order valence-electron chi connectivity index (χ0n) is 5.65. The van der Waals surface area contributed by atoms with Crippen LogP contribution in [0.3, 0.4) is 0 Å². The first-order valence-electron chi connectivity index (χ1n) is 2.82. The summed E-state index contributed by atoms with van der Waals surface area (Å²) < 4.78 is 13.0. The van der Waals surface area contributed by atoms with Crippen LogP contribution in [0.25, 0.3) is 0 Å². The lowest BCUT2D eigenvalue weighted by Crippen LogP contribution is -2.15. The largest absolute Gasteiger partial charge is 0.354 e. The van der Waals surface area contributed by atoms with Gasteiger partial charge in [-0.15, -0.1) is 0 Å². The van der Waals surface area contributed by atoms with Crippen LogP contribution in [-0.2, 0) is 0 Å². The Bertz CT molecular complexity index is 267. The van der Waals surface area contributed by atoms with Crippen molar-refractivity contribution in [2.45, 2.75) is 0 Å². The van der Waals surface area contributed by atoms with E-state index in [4.69, 9.17) is 0 Å². The molecule has 2 nitrogen and oxygen atoms in total. The van der Waals surface area contributed by atoms with E-state index in [2.05, 4.69) is 21.2 Å². The fourth-order valence-electron chi connectivity index (χ4n) is 0.582. The monoisotopic (exact) mass is 237 g/mol. The maximum absolute atomic E-state index is 12.6. The zero-order chi connectivity index (χ0) is 8.43. The van der Waals surface area contributed by atoms with E-state index in [-0.39, 0.29) is 11.0 Å². The van der Waals surface area contributed by atoms with E-state index in [0.29, 0.717) is 9.35 Å². The third kappa shape index (κ3) is 1.78. The minimum Gasteiger partial charge on any atom is -0.354 e. The van der Waals surface area contributed by atoms with Crippen molar-refractivity contribution in [2.75, 3.05) is 7.05 Å². The van der Waals surface area contributed by atoms with Gasteiger partial charge in [-0.1, -0.05) is 11.3 Å². The highest BCUT2D eigenvalue weighted by Gasteiger charge is 2.10. The Hall–Kier alpha value is -0.420. The second-order valence-electron chi connectivity index (χ2n) is 1.81.